The number of carbonyl (C=O) groups is 4. The van der Waals surface area contributed by atoms with Crippen LogP contribution >= 0.6 is 0 Å². The van der Waals surface area contributed by atoms with E-state index in [-0.39, 0.29) is 18.9 Å². The summed E-state index contributed by atoms with van der Waals surface area (Å²) in [5, 5.41) is 14.6. The molecule has 4 rings (SSSR count). The van der Waals surface area contributed by atoms with Crippen molar-refractivity contribution in [2.24, 2.45) is 0 Å². The Morgan fingerprint density at radius 1 is 0.805 bits per heavy atom. The topological polar surface area (TPSA) is 131 Å². The number of rotatable bonds is 10. The van der Waals surface area contributed by atoms with E-state index in [1.54, 1.807) is 45.0 Å². The molecule has 0 fully saturated rings. The third-order valence-electron chi connectivity index (χ3n) is 6.64. The Labute approximate surface area is 238 Å². The van der Waals surface area contributed by atoms with Gasteiger partial charge in [0, 0.05) is 12.3 Å². The Bertz CT molecular complexity index is 1370. The Morgan fingerprint density at radius 2 is 1.37 bits per heavy atom. The van der Waals surface area contributed by atoms with E-state index in [0.29, 0.717) is 0 Å². The van der Waals surface area contributed by atoms with Gasteiger partial charge in [-0.3, -0.25) is 9.59 Å². The molecule has 9 nitrogen and oxygen atoms in total. The Hall–Kier alpha value is -4.66. The summed E-state index contributed by atoms with van der Waals surface area (Å²) in [6, 6.07) is 22.2. The first-order valence-corrected chi connectivity index (χ1v) is 13.4. The molecule has 3 aromatic carbocycles. The predicted molar refractivity (Wildman–Crippen MR) is 152 cm³/mol. The molecular formula is C32H34N2O7. The van der Waals surface area contributed by atoms with Crippen LogP contribution in [0.4, 0.5) is 4.79 Å². The highest BCUT2D eigenvalue weighted by Crippen LogP contribution is 2.44. The van der Waals surface area contributed by atoms with Crippen molar-refractivity contribution in [3.63, 3.8) is 0 Å². The van der Waals surface area contributed by atoms with E-state index in [2.05, 4.69) is 10.6 Å². The van der Waals surface area contributed by atoms with Gasteiger partial charge < -0.3 is 25.2 Å². The van der Waals surface area contributed by atoms with Crippen molar-refractivity contribution < 1.29 is 33.8 Å². The van der Waals surface area contributed by atoms with Crippen LogP contribution in [0.25, 0.3) is 11.1 Å². The van der Waals surface area contributed by atoms with Crippen LogP contribution in [0.5, 0.6) is 0 Å². The molecule has 0 saturated heterocycles. The van der Waals surface area contributed by atoms with Crippen LogP contribution in [0.1, 0.15) is 49.8 Å². The summed E-state index contributed by atoms with van der Waals surface area (Å²) >= 11 is 0. The van der Waals surface area contributed by atoms with Crippen LogP contribution in [0.2, 0.25) is 0 Å². The second-order valence-electron chi connectivity index (χ2n) is 10.9. The second kappa shape index (κ2) is 12.7. The highest BCUT2D eigenvalue weighted by atomic mass is 16.6. The van der Waals surface area contributed by atoms with Gasteiger partial charge >= 0.3 is 18.0 Å². The fourth-order valence-corrected chi connectivity index (χ4v) is 4.86. The van der Waals surface area contributed by atoms with E-state index in [1.165, 1.54) is 0 Å². The lowest BCUT2D eigenvalue weighted by Gasteiger charge is -2.23. The molecule has 0 heterocycles. The number of carboxylic acids is 1. The number of aliphatic carboxylic acids is 1. The number of esters is 1. The van der Waals surface area contributed by atoms with E-state index in [9.17, 15) is 24.3 Å². The van der Waals surface area contributed by atoms with Crippen LogP contribution < -0.4 is 10.6 Å². The van der Waals surface area contributed by atoms with Crippen molar-refractivity contribution in [1.82, 2.24) is 10.6 Å². The molecule has 0 spiro atoms. The number of alkyl carbamates (subject to hydrolysis) is 1. The standard InChI is InChI=1S/C32H34N2O7/c1-32(2,3)41-28(35)18-27(30(37)38)33-29(36)26(17-20-11-5-4-6-12-20)34-31(39)40-19-25-23-15-9-7-13-21(23)22-14-8-10-16-24(22)25/h4-16,25-27H,17-19H2,1-3H3,(H,33,36)(H,34,39)(H,37,38)/t26-,27-/m0/s1. The van der Waals surface area contributed by atoms with E-state index in [4.69, 9.17) is 9.47 Å². The second-order valence-corrected chi connectivity index (χ2v) is 10.9. The molecule has 2 atom stereocenters. The number of carboxylic acid groups (broad SMARTS) is 1. The average molecular weight is 559 g/mol. The van der Waals surface area contributed by atoms with Gasteiger partial charge in [0.15, 0.2) is 0 Å². The van der Waals surface area contributed by atoms with E-state index in [0.717, 1.165) is 27.8 Å². The molecule has 0 bridgehead atoms. The first kappa shape index (κ1) is 29.3. The van der Waals surface area contributed by atoms with Crippen molar-refractivity contribution in [3.8, 4) is 11.1 Å². The third-order valence-corrected chi connectivity index (χ3v) is 6.64. The van der Waals surface area contributed by atoms with Crippen LogP contribution in [0.3, 0.4) is 0 Å². The molecule has 1 aliphatic rings. The summed E-state index contributed by atoms with van der Waals surface area (Å²) in [5.74, 6) is -3.10. The Balaban J connectivity index is 1.45. The zero-order valence-corrected chi connectivity index (χ0v) is 23.3. The summed E-state index contributed by atoms with van der Waals surface area (Å²) in [6.45, 7) is 5.03. The summed E-state index contributed by atoms with van der Waals surface area (Å²) in [7, 11) is 0. The van der Waals surface area contributed by atoms with Crippen molar-refractivity contribution >= 4 is 23.9 Å². The molecule has 0 aromatic heterocycles. The molecule has 3 aromatic rings. The number of ether oxygens (including phenoxy) is 2. The van der Waals surface area contributed by atoms with Crippen molar-refractivity contribution in [1.29, 1.82) is 0 Å². The summed E-state index contributed by atoms with van der Waals surface area (Å²) < 4.78 is 10.8. The molecule has 9 heteroatoms. The van der Waals surface area contributed by atoms with Gasteiger partial charge in [-0.05, 0) is 48.6 Å². The average Bonchev–Trinajstić information content (AvgIpc) is 3.24. The largest absolute Gasteiger partial charge is 0.480 e. The molecule has 214 valence electrons. The number of benzene rings is 3. The molecule has 3 N–H and O–H groups in total. The SMILES string of the molecule is CC(C)(C)OC(=O)C[C@H](NC(=O)[C@H](Cc1ccccc1)NC(=O)OCC1c2ccccc2-c2ccccc21)C(=O)O. The zero-order valence-electron chi connectivity index (χ0n) is 23.3. The maximum Gasteiger partial charge on any atom is 0.407 e. The lowest BCUT2D eigenvalue weighted by molar-refractivity contribution is -0.158. The smallest absolute Gasteiger partial charge is 0.407 e. The first-order chi connectivity index (χ1) is 19.5. The van der Waals surface area contributed by atoms with Gasteiger partial charge in [-0.25, -0.2) is 9.59 Å². The molecule has 0 radical (unpaired) electrons. The minimum atomic E-state index is -1.54. The quantitative estimate of drug-likeness (QED) is 0.314. The van der Waals surface area contributed by atoms with Gasteiger partial charge in [0.2, 0.25) is 5.91 Å². The summed E-state index contributed by atoms with van der Waals surface area (Å²) in [6.07, 6.45) is -1.31. The van der Waals surface area contributed by atoms with Crippen LogP contribution in [0, 0.1) is 0 Å². The van der Waals surface area contributed by atoms with Gasteiger partial charge in [0.05, 0.1) is 6.42 Å². The van der Waals surface area contributed by atoms with Gasteiger partial charge in [0.1, 0.15) is 24.3 Å². The highest BCUT2D eigenvalue weighted by Gasteiger charge is 2.32. The Morgan fingerprint density at radius 3 is 1.93 bits per heavy atom. The lowest BCUT2D eigenvalue weighted by atomic mass is 9.98. The molecule has 0 saturated carbocycles. The number of hydrogen-bond acceptors (Lipinski definition) is 6. The number of amides is 2. The van der Waals surface area contributed by atoms with Gasteiger partial charge in [-0.2, -0.15) is 0 Å². The maximum absolute atomic E-state index is 13.3. The van der Waals surface area contributed by atoms with Gasteiger partial charge in [-0.1, -0.05) is 78.9 Å². The number of fused-ring (bicyclic) bond motifs is 3. The van der Waals surface area contributed by atoms with Crippen LogP contribution in [0.15, 0.2) is 78.9 Å². The third kappa shape index (κ3) is 7.72. The first-order valence-electron chi connectivity index (χ1n) is 13.4. The zero-order chi connectivity index (χ0) is 29.6. The molecule has 0 unspecified atom stereocenters. The summed E-state index contributed by atoms with van der Waals surface area (Å²) in [4.78, 5) is 50.3. The van der Waals surface area contributed by atoms with Gasteiger partial charge in [0.25, 0.3) is 0 Å². The molecule has 0 aliphatic heterocycles. The van der Waals surface area contributed by atoms with Crippen LogP contribution in [-0.2, 0) is 30.3 Å². The van der Waals surface area contributed by atoms with E-state index < -0.39 is 48.0 Å². The van der Waals surface area contributed by atoms with Crippen molar-refractivity contribution in [2.45, 2.75) is 57.2 Å². The molecule has 41 heavy (non-hydrogen) atoms. The fourth-order valence-electron chi connectivity index (χ4n) is 4.86. The lowest BCUT2D eigenvalue weighted by Crippen LogP contribution is -2.53. The number of nitrogens with one attached hydrogen (secondary N) is 2. The van der Waals surface area contributed by atoms with Crippen molar-refractivity contribution in [2.75, 3.05) is 6.61 Å². The molecular weight excluding hydrogens is 524 g/mol. The number of carbonyl (C=O) groups excluding carboxylic acids is 3. The molecule has 1 aliphatic carbocycles. The molecule has 2 amide bonds. The minimum Gasteiger partial charge on any atom is -0.480 e. The summed E-state index contributed by atoms with van der Waals surface area (Å²) in [5.41, 5.74) is 4.20. The highest BCUT2D eigenvalue weighted by molar-refractivity contribution is 5.91. The van der Waals surface area contributed by atoms with E-state index >= 15 is 0 Å². The van der Waals surface area contributed by atoms with Crippen molar-refractivity contribution in [3.05, 3.63) is 95.6 Å². The van der Waals surface area contributed by atoms with E-state index in [1.807, 2.05) is 54.6 Å². The number of hydrogen-bond donors (Lipinski definition) is 3. The normalized spacial score (nSPS) is 13.7. The fraction of sp³-hybridized carbons (Fsp3) is 0.312. The maximum atomic E-state index is 13.3. The minimum absolute atomic E-state index is 0.0515. The predicted octanol–water partition coefficient (Wildman–Crippen LogP) is 4.44. The monoisotopic (exact) mass is 558 g/mol. The van der Waals surface area contributed by atoms with Gasteiger partial charge in [-0.15, -0.1) is 0 Å². The Kier molecular flexibility index (Phi) is 9.07. The van der Waals surface area contributed by atoms with Crippen LogP contribution in [-0.4, -0.2) is 53.3 Å².